The normalized spacial score (nSPS) is 19.2. The molecule has 0 N–H and O–H groups in total. The molecule has 0 saturated carbocycles. The van der Waals surface area contributed by atoms with E-state index in [1.54, 1.807) is 15.8 Å². The fourth-order valence-corrected chi connectivity index (χ4v) is 4.22. The van der Waals surface area contributed by atoms with Gasteiger partial charge in [0.1, 0.15) is 19.9 Å². The van der Waals surface area contributed by atoms with Crippen molar-refractivity contribution < 1.29 is 23.0 Å². The molecule has 8 nitrogen and oxygen atoms in total. The third-order valence-corrected chi connectivity index (χ3v) is 6.10. The fraction of sp³-hybridized carbons (Fsp3) is 0.500. The molecular formula is C22H27F2N5O3Si. The Morgan fingerprint density at radius 2 is 1.94 bits per heavy atom. The summed E-state index contributed by atoms with van der Waals surface area (Å²) in [7, 11) is -1.53. The van der Waals surface area contributed by atoms with Crippen LogP contribution in [0.2, 0.25) is 19.6 Å². The second kappa shape index (κ2) is 9.49. The molecule has 2 saturated heterocycles. The maximum Gasteiger partial charge on any atom is 0.414 e. The molecule has 1 amide bonds. The molecule has 11 heteroatoms. The Kier molecular flexibility index (Phi) is 6.67. The van der Waals surface area contributed by atoms with Crippen molar-refractivity contribution in [2.75, 3.05) is 42.6 Å². The van der Waals surface area contributed by atoms with Crippen molar-refractivity contribution in [3.8, 4) is 11.5 Å². The monoisotopic (exact) mass is 475 g/mol. The molecule has 176 valence electrons. The lowest BCUT2D eigenvalue weighted by Crippen LogP contribution is -2.29. The highest BCUT2D eigenvalue weighted by Crippen LogP contribution is 2.31. The van der Waals surface area contributed by atoms with E-state index >= 15 is 0 Å². The fourth-order valence-electron chi connectivity index (χ4n) is 3.71. The second-order valence-corrected chi connectivity index (χ2v) is 13.9. The van der Waals surface area contributed by atoms with Crippen LogP contribution in [0.5, 0.6) is 0 Å². The van der Waals surface area contributed by atoms with Gasteiger partial charge in [0.15, 0.2) is 17.3 Å². The topological polar surface area (TPSA) is 72.7 Å². The zero-order chi connectivity index (χ0) is 23.6. The summed E-state index contributed by atoms with van der Waals surface area (Å²) in [6.07, 6.45) is 1.19. The van der Waals surface area contributed by atoms with E-state index in [0.717, 1.165) is 0 Å². The van der Waals surface area contributed by atoms with Crippen LogP contribution in [0.1, 0.15) is 12.1 Å². The summed E-state index contributed by atoms with van der Waals surface area (Å²) >= 11 is 0. The van der Waals surface area contributed by atoms with Gasteiger partial charge in [-0.05, 0) is 6.42 Å². The van der Waals surface area contributed by atoms with Gasteiger partial charge in [-0.2, -0.15) is 0 Å². The van der Waals surface area contributed by atoms with E-state index < -0.39 is 31.9 Å². The van der Waals surface area contributed by atoms with E-state index in [0.29, 0.717) is 38.4 Å². The van der Waals surface area contributed by atoms with Crippen molar-refractivity contribution in [1.29, 1.82) is 0 Å². The Bertz CT molecular complexity index is 1060. The third kappa shape index (κ3) is 5.69. The van der Waals surface area contributed by atoms with Crippen molar-refractivity contribution in [2.45, 2.75) is 38.7 Å². The molecule has 0 bridgehead atoms. The average molecular weight is 476 g/mol. The Hall–Kier alpha value is -2.97. The Balaban J connectivity index is 1.45. The number of carbonyl (C=O) groups excluding carboxylic acids is 1. The van der Waals surface area contributed by atoms with E-state index in [1.165, 1.54) is 17.0 Å². The minimum Gasteiger partial charge on any atom is -0.442 e. The molecule has 1 aromatic heterocycles. The van der Waals surface area contributed by atoms with Gasteiger partial charge in [-0.25, -0.2) is 18.3 Å². The van der Waals surface area contributed by atoms with E-state index in [4.69, 9.17) is 9.47 Å². The van der Waals surface area contributed by atoms with Crippen LogP contribution in [0.15, 0.2) is 18.3 Å². The molecule has 2 aliphatic heterocycles. The number of aromatic nitrogens is 3. The number of hydrogen-bond donors (Lipinski definition) is 0. The van der Waals surface area contributed by atoms with Crippen LogP contribution in [-0.4, -0.2) is 68.1 Å². The third-order valence-electron chi connectivity index (χ3n) is 5.22. The largest absolute Gasteiger partial charge is 0.442 e. The molecular weight excluding hydrogens is 448 g/mol. The molecule has 0 aliphatic carbocycles. The minimum atomic E-state index is -1.53. The smallest absolute Gasteiger partial charge is 0.414 e. The van der Waals surface area contributed by atoms with Crippen LogP contribution in [0.25, 0.3) is 0 Å². The van der Waals surface area contributed by atoms with Crippen LogP contribution in [-0.2, 0) is 16.0 Å². The molecule has 0 spiro atoms. The molecule has 3 heterocycles. The van der Waals surface area contributed by atoms with Crippen LogP contribution in [0.3, 0.4) is 0 Å². The van der Waals surface area contributed by atoms with E-state index in [-0.39, 0.29) is 24.5 Å². The zero-order valence-corrected chi connectivity index (χ0v) is 20.0. The number of ether oxygens (including phenoxy) is 2. The van der Waals surface area contributed by atoms with Crippen molar-refractivity contribution >= 4 is 25.5 Å². The number of carbonyl (C=O) groups is 1. The van der Waals surface area contributed by atoms with Gasteiger partial charge >= 0.3 is 6.09 Å². The van der Waals surface area contributed by atoms with Crippen molar-refractivity contribution in [3.63, 3.8) is 0 Å². The second-order valence-electron chi connectivity index (χ2n) is 9.15. The average Bonchev–Trinajstić information content (AvgIpc) is 3.23. The summed E-state index contributed by atoms with van der Waals surface area (Å²) in [6, 6.07) is 2.35. The minimum absolute atomic E-state index is 0.0945. The molecule has 33 heavy (non-hydrogen) atoms. The van der Waals surface area contributed by atoms with Gasteiger partial charge in [0.25, 0.3) is 0 Å². The molecule has 1 aromatic carbocycles. The van der Waals surface area contributed by atoms with Gasteiger partial charge in [0.05, 0.1) is 31.6 Å². The first-order chi connectivity index (χ1) is 15.7. The standard InChI is InChI=1S/C22H27F2N5O3Si/c1-33(2,3)10-5-16-13-28(26-25-16)14-18-15-29(22(30)32-18)17-11-19(23)21(20(24)12-17)27-6-4-8-31-9-7-27/h11-13,18H,4,6-9,14-15H2,1-3H3. The van der Waals surface area contributed by atoms with Crippen molar-refractivity contribution in [3.05, 3.63) is 35.7 Å². The highest BCUT2D eigenvalue weighted by Gasteiger charge is 2.34. The maximum absolute atomic E-state index is 14.9. The number of amides is 1. The number of rotatable bonds is 4. The number of nitrogens with zero attached hydrogens (tertiary/aromatic N) is 5. The number of benzene rings is 1. The molecule has 4 rings (SSSR count). The van der Waals surface area contributed by atoms with E-state index in [1.807, 2.05) is 0 Å². The van der Waals surface area contributed by atoms with Gasteiger partial charge in [0, 0.05) is 31.8 Å². The maximum atomic E-state index is 14.9. The Morgan fingerprint density at radius 3 is 2.67 bits per heavy atom. The van der Waals surface area contributed by atoms with Crippen LogP contribution < -0.4 is 9.80 Å². The number of cyclic esters (lactones) is 1. The lowest BCUT2D eigenvalue weighted by molar-refractivity contribution is 0.129. The van der Waals surface area contributed by atoms with Gasteiger partial charge in [-0.1, -0.05) is 30.8 Å². The number of hydrogen-bond acceptors (Lipinski definition) is 6. The molecule has 2 aliphatic rings. The number of anilines is 2. The van der Waals surface area contributed by atoms with Gasteiger partial charge in [-0.15, -0.1) is 10.6 Å². The Morgan fingerprint density at radius 1 is 1.18 bits per heavy atom. The summed E-state index contributed by atoms with van der Waals surface area (Å²) in [5.41, 5.74) is 3.80. The summed E-state index contributed by atoms with van der Waals surface area (Å²) in [5, 5.41) is 8.07. The van der Waals surface area contributed by atoms with E-state index in [9.17, 15) is 13.6 Å². The molecule has 2 aromatic rings. The van der Waals surface area contributed by atoms with Crippen LogP contribution >= 0.6 is 0 Å². The zero-order valence-electron chi connectivity index (χ0n) is 19.0. The molecule has 0 radical (unpaired) electrons. The Labute approximate surface area is 192 Å². The lowest BCUT2D eigenvalue weighted by Gasteiger charge is -2.24. The first kappa shape index (κ1) is 23.2. The molecule has 2 fully saturated rings. The van der Waals surface area contributed by atoms with Gasteiger partial charge in [0.2, 0.25) is 0 Å². The first-order valence-electron chi connectivity index (χ1n) is 10.9. The van der Waals surface area contributed by atoms with Crippen molar-refractivity contribution in [2.24, 2.45) is 0 Å². The molecule has 1 atom stereocenters. The van der Waals surface area contributed by atoms with E-state index in [2.05, 4.69) is 41.4 Å². The number of halogens is 2. The lowest BCUT2D eigenvalue weighted by atomic mass is 10.2. The quantitative estimate of drug-likeness (QED) is 0.500. The summed E-state index contributed by atoms with van der Waals surface area (Å²) in [4.78, 5) is 15.3. The first-order valence-corrected chi connectivity index (χ1v) is 14.4. The summed E-state index contributed by atoms with van der Waals surface area (Å²) in [6.45, 7) is 8.70. The highest BCUT2D eigenvalue weighted by molar-refractivity contribution is 6.83. The van der Waals surface area contributed by atoms with Gasteiger partial charge < -0.3 is 14.4 Å². The van der Waals surface area contributed by atoms with Gasteiger partial charge in [-0.3, -0.25) is 4.90 Å². The molecule has 1 unspecified atom stereocenters. The predicted molar refractivity (Wildman–Crippen MR) is 122 cm³/mol. The SMILES string of the molecule is C[Si](C)(C)C#Cc1cn(CC2CN(c3cc(F)c(N4CCCOCC4)c(F)c3)C(=O)O2)nn1. The van der Waals surface area contributed by atoms with Crippen LogP contribution in [0.4, 0.5) is 25.0 Å². The predicted octanol–water partition coefficient (Wildman–Crippen LogP) is 3.04. The summed E-state index contributed by atoms with van der Waals surface area (Å²) in [5.74, 6) is 1.59. The van der Waals surface area contributed by atoms with Crippen LogP contribution in [0, 0.1) is 23.1 Å². The highest BCUT2D eigenvalue weighted by atomic mass is 28.3. The summed E-state index contributed by atoms with van der Waals surface area (Å²) < 4.78 is 42.1. The van der Waals surface area contributed by atoms with Crippen molar-refractivity contribution in [1.82, 2.24) is 15.0 Å².